The Morgan fingerprint density at radius 2 is 1.96 bits per heavy atom. The van der Waals surface area contributed by atoms with Gasteiger partial charge < -0.3 is 10.1 Å². The van der Waals surface area contributed by atoms with Gasteiger partial charge >= 0.3 is 0 Å². The van der Waals surface area contributed by atoms with Crippen LogP contribution in [0.1, 0.15) is 21.7 Å². The van der Waals surface area contributed by atoms with Crippen molar-refractivity contribution in [2.24, 2.45) is 7.05 Å². The largest absolute Gasteiger partial charge is 0.492 e. The van der Waals surface area contributed by atoms with E-state index in [-0.39, 0.29) is 5.91 Å². The van der Waals surface area contributed by atoms with Gasteiger partial charge in [-0.25, -0.2) is 4.98 Å². The molecule has 0 aliphatic heterocycles. The fraction of sp³-hybridized carbons (Fsp3) is 0.278. The zero-order valence-corrected chi connectivity index (χ0v) is 14.0. The third kappa shape index (κ3) is 3.22. The van der Waals surface area contributed by atoms with Crippen LogP contribution in [0.15, 0.2) is 36.4 Å². The molecule has 124 valence electrons. The van der Waals surface area contributed by atoms with Crippen molar-refractivity contribution in [1.82, 2.24) is 20.1 Å². The van der Waals surface area contributed by atoms with E-state index in [4.69, 9.17) is 4.74 Å². The summed E-state index contributed by atoms with van der Waals surface area (Å²) in [6.45, 7) is 4.58. The summed E-state index contributed by atoms with van der Waals surface area (Å²) in [5.74, 6) is 0.638. The molecule has 0 radical (unpaired) electrons. The zero-order valence-electron chi connectivity index (χ0n) is 14.0. The van der Waals surface area contributed by atoms with Gasteiger partial charge in [-0.05, 0) is 32.0 Å². The highest BCUT2D eigenvalue weighted by Crippen LogP contribution is 2.19. The minimum Gasteiger partial charge on any atom is -0.492 e. The number of nitrogens with one attached hydrogen (secondary N) is 1. The van der Waals surface area contributed by atoms with Crippen molar-refractivity contribution in [1.29, 1.82) is 0 Å². The van der Waals surface area contributed by atoms with E-state index in [1.165, 1.54) is 0 Å². The van der Waals surface area contributed by atoms with E-state index in [2.05, 4.69) is 15.4 Å². The quantitative estimate of drug-likeness (QED) is 0.732. The minimum absolute atomic E-state index is 0.151. The van der Waals surface area contributed by atoms with E-state index >= 15 is 0 Å². The highest BCUT2D eigenvalue weighted by Gasteiger charge is 2.15. The number of aryl methyl sites for hydroxylation is 3. The van der Waals surface area contributed by atoms with Crippen LogP contribution >= 0.6 is 0 Å². The maximum Gasteiger partial charge on any atom is 0.253 e. The monoisotopic (exact) mass is 324 g/mol. The predicted molar refractivity (Wildman–Crippen MR) is 92.3 cm³/mol. The van der Waals surface area contributed by atoms with Crippen LogP contribution in [-0.4, -0.2) is 33.8 Å². The van der Waals surface area contributed by atoms with Gasteiger partial charge in [0.2, 0.25) is 0 Å². The minimum atomic E-state index is -0.151. The first kappa shape index (κ1) is 16.0. The molecule has 1 amide bonds. The summed E-state index contributed by atoms with van der Waals surface area (Å²) in [7, 11) is 1.85. The molecule has 3 aromatic rings. The van der Waals surface area contributed by atoms with Crippen LogP contribution in [0.3, 0.4) is 0 Å². The molecule has 1 N–H and O–H groups in total. The topological polar surface area (TPSA) is 69.0 Å². The fourth-order valence-electron chi connectivity index (χ4n) is 2.61. The summed E-state index contributed by atoms with van der Waals surface area (Å²) in [5, 5.41) is 8.11. The fourth-order valence-corrected chi connectivity index (χ4v) is 2.61. The lowest BCUT2D eigenvalue weighted by atomic mass is 10.1. The molecule has 6 heteroatoms. The molecule has 2 aromatic heterocycles. The van der Waals surface area contributed by atoms with Gasteiger partial charge in [0.15, 0.2) is 5.65 Å². The zero-order chi connectivity index (χ0) is 17.1. The van der Waals surface area contributed by atoms with Crippen LogP contribution in [0.2, 0.25) is 0 Å². The molecule has 24 heavy (non-hydrogen) atoms. The molecule has 0 saturated heterocycles. The van der Waals surface area contributed by atoms with E-state index in [1.54, 1.807) is 4.68 Å². The second-order valence-corrected chi connectivity index (χ2v) is 5.62. The number of amides is 1. The third-order valence-corrected chi connectivity index (χ3v) is 3.83. The molecule has 3 rings (SSSR count). The first-order valence-electron chi connectivity index (χ1n) is 7.83. The van der Waals surface area contributed by atoms with Gasteiger partial charge in [-0.3, -0.25) is 9.48 Å². The van der Waals surface area contributed by atoms with Gasteiger partial charge in [0.25, 0.3) is 5.91 Å². The molecule has 0 atom stereocenters. The smallest absolute Gasteiger partial charge is 0.253 e. The second-order valence-electron chi connectivity index (χ2n) is 5.62. The van der Waals surface area contributed by atoms with Crippen LogP contribution in [0.5, 0.6) is 5.75 Å². The van der Waals surface area contributed by atoms with Crippen molar-refractivity contribution in [3.8, 4) is 5.75 Å². The van der Waals surface area contributed by atoms with Crippen molar-refractivity contribution in [2.45, 2.75) is 13.8 Å². The van der Waals surface area contributed by atoms with Gasteiger partial charge in [-0.1, -0.05) is 18.2 Å². The summed E-state index contributed by atoms with van der Waals surface area (Å²) in [4.78, 5) is 16.9. The van der Waals surface area contributed by atoms with Crippen LogP contribution < -0.4 is 10.1 Å². The number of para-hydroxylation sites is 1. The molecular weight excluding hydrogens is 304 g/mol. The highest BCUT2D eigenvalue weighted by molar-refractivity contribution is 5.98. The van der Waals surface area contributed by atoms with Gasteiger partial charge in [0, 0.05) is 12.4 Å². The van der Waals surface area contributed by atoms with Gasteiger partial charge in [0.05, 0.1) is 23.5 Å². The van der Waals surface area contributed by atoms with E-state index in [9.17, 15) is 4.79 Å². The summed E-state index contributed by atoms with van der Waals surface area (Å²) in [6.07, 6.45) is 0. The summed E-state index contributed by atoms with van der Waals surface area (Å²) in [6, 6.07) is 11.4. The maximum absolute atomic E-state index is 12.4. The Morgan fingerprint density at radius 3 is 2.71 bits per heavy atom. The number of benzene rings is 1. The summed E-state index contributed by atoms with van der Waals surface area (Å²) in [5.41, 5.74) is 2.90. The predicted octanol–water partition coefficient (Wildman–Crippen LogP) is 2.39. The number of hydrogen-bond acceptors (Lipinski definition) is 4. The van der Waals surface area contributed by atoms with Gasteiger partial charge in [0.1, 0.15) is 12.4 Å². The molecule has 6 nitrogen and oxygen atoms in total. The molecule has 1 aromatic carbocycles. The van der Waals surface area contributed by atoms with Crippen LogP contribution in [0, 0.1) is 13.8 Å². The average molecular weight is 324 g/mol. The van der Waals surface area contributed by atoms with Crippen LogP contribution in [-0.2, 0) is 7.05 Å². The molecule has 0 bridgehead atoms. The number of pyridine rings is 1. The van der Waals surface area contributed by atoms with E-state index in [0.29, 0.717) is 24.4 Å². The number of aromatic nitrogens is 3. The number of hydrogen-bond donors (Lipinski definition) is 1. The van der Waals surface area contributed by atoms with Crippen LogP contribution in [0.4, 0.5) is 0 Å². The normalized spacial score (nSPS) is 10.8. The van der Waals surface area contributed by atoms with Crippen molar-refractivity contribution in [3.63, 3.8) is 0 Å². The Balaban J connectivity index is 1.65. The first-order chi connectivity index (χ1) is 11.6. The van der Waals surface area contributed by atoms with Crippen molar-refractivity contribution in [3.05, 3.63) is 53.3 Å². The average Bonchev–Trinajstić information content (AvgIpc) is 2.85. The Morgan fingerprint density at radius 1 is 1.21 bits per heavy atom. The number of carbonyl (C=O) groups is 1. The number of rotatable bonds is 5. The number of ether oxygens (including phenoxy) is 1. The maximum atomic E-state index is 12.4. The van der Waals surface area contributed by atoms with Crippen molar-refractivity contribution in [2.75, 3.05) is 13.2 Å². The highest BCUT2D eigenvalue weighted by atomic mass is 16.5. The Labute approximate surface area is 140 Å². The van der Waals surface area contributed by atoms with Crippen molar-refractivity contribution < 1.29 is 9.53 Å². The van der Waals surface area contributed by atoms with E-state index < -0.39 is 0 Å². The van der Waals surface area contributed by atoms with E-state index in [0.717, 1.165) is 22.5 Å². The lowest BCUT2D eigenvalue weighted by Gasteiger charge is -2.09. The molecular formula is C18H20N4O2. The van der Waals surface area contributed by atoms with Crippen molar-refractivity contribution >= 4 is 16.9 Å². The second kappa shape index (κ2) is 6.70. The Bertz CT molecular complexity index is 872. The molecule has 0 aliphatic rings. The first-order valence-corrected chi connectivity index (χ1v) is 7.83. The lowest BCUT2D eigenvalue weighted by molar-refractivity contribution is 0.0946. The molecule has 0 fully saturated rings. The molecule has 0 saturated carbocycles. The SMILES string of the molecule is Cc1nc2c(cc1C(=O)NCCOc1ccccc1)c(C)nn2C. The molecule has 0 aliphatic carbocycles. The molecule has 2 heterocycles. The number of carbonyl (C=O) groups excluding carboxylic acids is 1. The van der Waals surface area contributed by atoms with Gasteiger partial charge in [-0.2, -0.15) is 5.10 Å². The Hall–Kier alpha value is -2.89. The summed E-state index contributed by atoms with van der Waals surface area (Å²) >= 11 is 0. The third-order valence-electron chi connectivity index (χ3n) is 3.83. The number of fused-ring (bicyclic) bond motifs is 1. The van der Waals surface area contributed by atoms with Gasteiger partial charge in [-0.15, -0.1) is 0 Å². The lowest BCUT2D eigenvalue weighted by Crippen LogP contribution is -2.28. The van der Waals surface area contributed by atoms with E-state index in [1.807, 2.05) is 57.3 Å². The molecule has 0 spiro atoms. The standard InChI is InChI=1S/C18H20N4O2/c1-12-16(11-15-13(2)21-22(3)17(15)20-12)18(23)19-9-10-24-14-7-5-4-6-8-14/h4-8,11H,9-10H2,1-3H3,(H,19,23). The van der Waals surface area contributed by atoms with Crippen LogP contribution in [0.25, 0.3) is 11.0 Å². The molecule has 0 unspecified atom stereocenters. The Kier molecular flexibility index (Phi) is 4.46. The summed E-state index contributed by atoms with van der Waals surface area (Å²) < 4.78 is 7.30. The number of nitrogens with zero attached hydrogens (tertiary/aromatic N) is 3.